The van der Waals surface area contributed by atoms with E-state index in [4.69, 9.17) is 0 Å². The molecular weight excluding hydrogens is 354 g/mol. The molecule has 0 spiro atoms. The van der Waals surface area contributed by atoms with Crippen LogP contribution in [-0.4, -0.2) is 72.1 Å². The van der Waals surface area contributed by atoms with E-state index in [1.165, 1.54) is 6.21 Å². The summed E-state index contributed by atoms with van der Waals surface area (Å²) in [4.78, 5) is 32.7. The molecule has 6 nitrogen and oxygen atoms in total. The molecule has 1 fully saturated rings. The normalized spacial score (nSPS) is 21.5. The molecule has 1 unspecified atom stereocenters. The molecule has 1 N–H and O–H groups in total. The minimum atomic E-state index is -0.0481. The Hall–Kier alpha value is -2.47. The second-order valence-electron chi connectivity index (χ2n) is 7.41. The van der Waals surface area contributed by atoms with Crippen molar-refractivity contribution in [1.29, 1.82) is 0 Å². The molecule has 2 aliphatic rings. The second-order valence-corrected chi connectivity index (χ2v) is 7.41. The van der Waals surface area contributed by atoms with Crippen LogP contribution in [0.5, 0.6) is 0 Å². The first-order valence-electron chi connectivity index (χ1n) is 10.1. The van der Waals surface area contributed by atoms with E-state index in [1.54, 1.807) is 0 Å². The summed E-state index contributed by atoms with van der Waals surface area (Å²) >= 11 is 0. The predicted octanol–water partition coefficient (Wildman–Crippen LogP) is 2.57. The van der Waals surface area contributed by atoms with Gasteiger partial charge in [0.25, 0.3) is 0 Å². The molecular formula is C22H29N3O3. The Balaban J connectivity index is 1.48. The Morgan fingerprint density at radius 3 is 2.54 bits per heavy atom. The molecule has 0 aromatic heterocycles. The van der Waals surface area contributed by atoms with E-state index in [2.05, 4.69) is 9.89 Å². The summed E-state index contributed by atoms with van der Waals surface area (Å²) in [6.45, 7) is 6.50. The summed E-state index contributed by atoms with van der Waals surface area (Å²) in [5, 5.41) is 10.3. The number of hydrogen-bond acceptors (Lipinski definition) is 5. The van der Waals surface area contributed by atoms with E-state index in [9.17, 15) is 14.7 Å². The SMILES string of the molecule is CCC(=O)N1CCN(CCN=CC2=C(O)CC(c3ccccc3)CC2=O)CC1. The molecule has 1 aliphatic carbocycles. The molecule has 28 heavy (non-hydrogen) atoms. The second kappa shape index (κ2) is 9.64. The molecule has 1 amide bonds. The number of carbonyl (C=O) groups is 2. The van der Waals surface area contributed by atoms with Crippen molar-refractivity contribution < 1.29 is 14.7 Å². The Bertz CT molecular complexity index is 750. The van der Waals surface area contributed by atoms with Crippen molar-refractivity contribution in [3.8, 4) is 0 Å². The number of Topliss-reactive ketones (excluding diaryl/α,β-unsaturated/α-hetero) is 1. The lowest BCUT2D eigenvalue weighted by Gasteiger charge is -2.34. The minimum Gasteiger partial charge on any atom is -0.511 e. The minimum absolute atomic E-state index is 0.0352. The van der Waals surface area contributed by atoms with Gasteiger partial charge < -0.3 is 10.0 Å². The lowest BCUT2D eigenvalue weighted by atomic mass is 9.83. The standard InChI is InChI=1S/C22H29N3O3/c1-2-22(28)25-12-10-24(11-13-25)9-8-23-16-19-20(26)14-18(15-21(19)27)17-6-4-3-5-7-17/h3-7,16,18,26H,2,8-15H2,1H3. The first-order chi connectivity index (χ1) is 13.6. The van der Waals surface area contributed by atoms with Crippen molar-refractivity contribution in [2.75, 3.05) is 39.3 Å². The lowest BCUT2D eigenvalue weighted by molar-refractivity contribution is -0.132. The van der Waals surface area contributed by atoms with Crippen LogP contribution < -0.4 is 0 Å². The lowest BCUT2D eigenvalue weighted by Crippen LogP contribution is -2.49. The van der Waals surface area contributed by atoms with Crippen LogP contribution in [0.3, 0.4) is 0 Å². The summed E-state index contributed by atoms with van der Waals surface area (Å²) in [6, 6.07) is 9.85. The third kappa shape index (κ3) is 5.07. The van der Waals surface area contributed by atoms with Crippen molar-refractivity contribution in [3.63, 3.8) is 0 Å². The van der Waals surface area contributed by atoms with Gasteiger partial charge in [0.2, 0.25) is 5.91 Å². The smallest absolute Gasteiger partial charge is 0.222 e. The first-order valence-corrected chi connectivity index (χ1v) is 10.1. The molecule has 150 valence electrons. The highest BCUT2D eigenvalue weighted by Gasteiger charge is 2.27. The van der Waals surface area contributed by atoms with Crippen LogP contribution in [0.25, 0.3) is 0 Å². The van der Waals surface area contributed by atoms with Crippen LogP contribution in [0, 0.1) is 0 Å². The number of amides is 1. The fraction of sp³-hybridized carbons (Fsp3) is 0.500. The zero-order valence-electron chi connectivity index (χ0n) is 16.5. The average molecular weight is 383 g/mol. The molecule has 3 rings (SSSR count). The van der Waals surface area contributed by atoms with Gasteiger partial charge in [-0.1, -0.05) is 37.3 Å². The maximum absolute atomic E-state index is 12.5. The number of aliphatic hydroxyl groups is 1. The van der Waals surface area contributed by atoms with Crippen molar-refractivity contribution in [2.45, 2.75) is 32.1 Å². The number of nitrogens with zero attached hydrogens (tertiary/aromatic N) is 3. The summed E-state index contributed by atoms with van der Waals surface area (Å²) in [5.41, 5.74) is 1.43. The monoisotopic (exact) mass is 383 g/mol. The Kier molecular flexibility index (Phi) is 6.98. The maximum Gasteiger partial charge on any atom is 0.222 e. The van der Waals surface area contributed by atoms with E-state index in [-0.39, 0.29) is 23.4 Å². The van der Waals surface area contributed by atoms with Gasteiger partial charge in [0.05, 0.1) is 12.1 Å². The molecule has 1 aliphatic heterocycles. The molecule has 1 heterocycles. The van der Waals surface area contributed by atoms with Crippen LogP contribution in [0.2, 0.25) is 0 Å². The Labute approximate surface area is 166 Å². The third-order valence-electron chi connectivity index (χ3n) is 5.55. The van der Waals surface area contributed by atoms with Gasteiger partial charge in [0, 0.05) is 58.2 Å². The quantitative estimate of drug-likeness (QED) is 0.767. The van der Waals surface area contributed by atoms with Gasteiger partial charge in [-0.15, -0.1) is 0 Å². The Morgan fingerprint density at radius 1 is 1.18 bits per heavy atom. The average Bonchev–Trinajstić information content (AvgIpc) is 2.73. The van der Waals surface area contributed by atoms with Crippen LogP contribution in [0.1, 0.15) is 37.7 Å². The molecule has 6 heteroatoms. The number of piperazine rings is 1. The number of aliphatic hydroxyl groups excluding tert-OH is 1. The van der Waals surface area contributed by atoms with Gasteiger partial charge in [-0.3, -0.25) is 19.5 Å². The van der Waals surface area contributed by atoms with Crippen molar-refractivity contribution in [2.24, 2.45) is 4.99 Å². The number of rotatable bonds is 6. The number of ketones is 1. The van der Waals surface area contributed by atoms with E-state index < -0.39 is 0 Å². The fourth-order valence-corrected chi connectivity index (χ4v) is 3.82. The topological polar surface area (TPSA) is 73.2 Å². The third-order valence-corrected chi connectivity index (χ3v) is 5.55. The molecule has 1 aromatic rings. The number of benzene rings is 1. The van der Waals surface area contributed by atoms with Crippen LogP contribution in [-0.2, 0) is 9.59 Å². The van der Waals surface area contributed by atoms with E-state index in [0.717, 1.165) is 38.3 Å². The van der Waals surface area contributed by atoms with E-state index >= 15 is 0 Å². The van der Waals surface area contributed by atoms with Gasteiger partial charge in [-0.05, 0) is 11.5 Å². The molecule has 0 bridgehead atoms. The highest BCUT2D eigenvalue weighted by Crippen LogP contribution is 2.32. The highest BCUT2D eigenvalue weighted by molar-refractivity contribution is 6.14. The first kappa shape index (κ1) is 20.3. The van der Waals surface area contributed by atoms with Crippen LogP contribution >= 0.6 is 0 Å². The predicted molar refractivity (Wildman–Crippen MR) is 110 cm³/mol. The molecule has 1 saturated heterocycles. The number of aliphatic imine (C=N–C) groups is 1. The number of carbonyl (C=O) groups excluding carboxylic acids is 2. The van der Waals surface area contributed by atoms with Crippen LogP contribution in [0.4, 0.5) is 0 Å². The molecule has 0 radical (unpaired) electrons. The highest BCUT2D eigenvalue weighted by atomic mass is 16.3. The Morgan fingerprint density at radius 2 is 1.89 bits per heavy atom. The van der Waals surface area contributed by atoms with Crippen molar-refractivity contribution in [1.82, 2.24) is 9.80 Å². The number of hydrogen-bond donors (Lipinski definition) is 1. The van der Waals surface area contributed by atoms with Crippen molar-refractivity contribution in [3.05, 3.63) is 47.2 Å². The largest absolute Gasteiger partial charge is 0.511 e. The van der Waals surface area contributed by atoms with Gasteiger partial charge in [-0.2, -0.15) is 0 Å². The molecule has 1 aromatic carbocycles. The summed E-state index contributed by atoms with van der Waals surface area (Å²) in [7, 11) is 0. The molecule has 1 atom stereocenters. The zero-order valence-corrected chi connectivity index (χ0v) is 16.5. The van der Waals surface area contributed by atoms with Gasteiger partial charge in [0.15, 0.2) is 5.78 Å². The van der Waals surface area contributed by atoms with Gasteiger partial charge in [-0.25, -0.2) is 0 Å². The molecule has 0 saturated carbocycles. The number of allylic oxidation sites excluding steroid dienone is 2. The van der Waals surface area contributed by atoms with Gasteiger partial charge in [0.1, 0.15) is 5.76 Å². The summed E-state index contributed by atoms with van der Waals surface area (Å²) < 4.78 is 0. The maximum atomic E-state index is 12.5. The fourth-order valence-electron chi connectivity index (χ4n) is 3.82. The van der Waals surface area contributed by atoms with E-state index in [1.807, 2.05) is 42.2 Å². The van der Waals surface area contributed by atoms with Crippen molar-refractivity contribution >= 4 is 17.9 Å². The van der Waals surface area contributed by atoms with E-state index in [0.29, 0.717) is 31.4 Å². The zero-order chi connectivity index (χ0) is 19.9. The van der Waals surface area contributed by atoms with Crippen LogP contribution in [0.15, 0.2) is 46.7 Å². The summed E-state index contributed by atoms with van der Waals surface area (Å²) in [5.74, 6) is 0.339. The summed E-state index contributed by atoms with van der Waals surface area (Å²) in [6.07, 6.45) is 2.98. The van der Waals surface area contributed by atoms with Gasteiger partial charge >= 0.3 is 0 Å².